The number of methoxy groups -OCH3 is 1. The standard InChI is InChI=1S/C17H24N2O4/c1-13-4-5-16(22-3)15(12-13)19(14(2)20)7-6-17(21)18-8-10-23-11-9-18/h4-5,12H,6-11H2,1-3H3. The van der Waals surface area contributed by atoms with Crippen molar-refractivity contribution in [2.75, 3.05) is 44.9 Å². The van der Waals surface area contributed by atoms with Crippen LogP contribution in [0.3, 0.4) is 0 Å². The van der Waals surface area contributed by atoms with Gasteiger partial charge in [0.05, 0.1) is 26.0 Å². The van der Waals surface area contributed by atoms with E-state index in [-0.39, 0.29) is 18.2 Å². The highest BCUT2D eigenvalue weighted by molar-refractivity contribution is 5.94. The molecule has 1 aromatic carbocycles. The summed E-state index contributed by atoms with van der Waals surface area (Å²) < 4.78 is 10.6. The van der Waals surface area contributed by atoms with Gasteiger partial charge in [0, 0.05) is 33.0 Å². The Balaban J connectivity index is 2.08. The van der Waals surface area contributed by atoms with Gasteiger partial charge in [0.1, 0.15) is 5.75 Å². The summed E-state index contributed by atoms with van der Waals surface area (Å²) in [6, 6.07) is 5.67. The summed E-state index contributed by atoms with van der Waals surface area (Å²) in [5, 5.41) is 0. The SMILES string of the molecule is COc1ccc(C)cc1N(CCC(=O)N1CCOCC1)C(C)=O. The molecule has 0 bridgehead atoms. The zero-order chi connectivity index (χ0) is 16.8. The van der Waals surface area contributed by atoms with E-state index in [1.165, 1.54) is 6.92 Å². The zero-order valence-electron chi connectivity index (χ0n) is 14.0. The second-order valence-electron chi connectivity index (χ2n) is 5.59. The van der Waals surface area contributed by atoms with Crippen molar-refractivity contribution in [2.24, 2.45) is 0 Å². The van der Waals surface area contributed by atoms with Crippen LogP contribution in [-0.4, -0.2) is 56.7 Å². The summed E-state index contributed by atoms with van der Waals surface area (Å²) in [4.78, 5) is 27.7. The lowest BCUT2D eigenvalue weighted by Gasteiger charge is -2.28. The summed E-state index contributed by atoms with van der Waals surface area (Å²) in [5.41, 5.74) is 1.74. The van der Waals surface area contributed by atoms with Gasteiger partial charge in [-0.3, -0.25) is 9.59 Å². The van der Waals surface area contributed by atoms with E-state index in [4.69, 9.17) is 9.47 Å². The molecule has 1 heterocycles. The molecule has 0 atom stereocenters. The first-order chi connectivity index (χ1) is 11.0. The molecule has 0 saturated carbocycles. The number of carbonyl (C=O) groups excluding carboxylic acids is 2. The molecule has 0 spiro atoms. The molecule has 23 heavy (non-hydrogen) atoms. The molecule has 0 aliphatic carbocycles. The zero-order valence-corrected chi connectivity index (χ0v) is 14.0. The molecule has 2 rings (SSSR count). The van der Waals surface area contributed by atoms with E-state index < -0.39 is 0 Å². The first-order valence-electron chi connectivity index (χ1n) is 7.81. The average Bonchev–Trinajstić information content (AvgIpc) is 2.55. The Bertz CT molecular complexity index is 568. The van der Waals surface area contributed by atoms with Crippen LogP contribution in [0.15, 0.2) is 18.2 Å². The molecule has 0 unspecified atom stereocenters. The Morgan fingerprint density at radius 2 is 2.00 bits per heavy atom. The van der Waals surface area contributed by atoms with Crippen LogP contribution in [0.1, 0.15) is 18.9 Å². The molecule has 0 radical (unpaired) electrons. The number of hydrogen-bond acceptors (Lipinski definition) is 4. The predicted octanol–water partition coefficient (Wildman–Crippen LogP) is 1.61. The van der Waals surface area contributed by atoms with Crippen molar-refractivity contribution in [1.29, 1.82) is 0 Å². The van der Waals surface area contributed by atoms with Gasteiger partial charge in [-0.25, -0.2) is 0 Å². The fourth-order valence-electron chi connectivity index (χ4n) is 2.64. The number of amides is 2. The van der Waals surface area contributed by atoms with Crippen molar-refractivity contribution in [3.63, 3.8) is 0 Å². The second-order valence-corrected chi connectivity index (χ2v) is 5.59. The molecule has 1 aromatic rings. The van der Waals surface area contributed by atoms with Crippen LogP contribution < -0.4 is 9.64 Å². The molecule has 1 aliphatic heterocycles. The number of nitrogens with zero attached hydrogens (tertiary/aromatic N) is 2. The van der Waals surface area contributed by atoms with Gasteiger partial charge in [0.15, 0.2) is 0 Å². The summed E-state index contributed by atoms with van der Waals surface area (Å²) in [6.45, 7) is 6.19. The molecule has 6 heteroatoms. The van der Waals surface area contributed by atoms with Crippen molar-refractivity contribution in [3.05, 3.63) is 23.8 Å². The Morgan fingerprint density at radius 3 is 2.61 bits per heavy atom. The number of ether oxygens (including phenoxy) is 2. The van der Waals surface area contributed by atoms with Gasteiger partial charge in [-0.05, 0) is 24.6 Å². The lowest BCUT2D eigenvalue weighted by Crippen LogP contribution is -2.42. The quantitative estimate of drug-likeness (QED) is 0.827. The number of anilines is 1. The topological polar surface area (TPSA) is 59.1 Å². The van der Waals surface area contributed by atoms with Crippen molar-refractivity contribution < 1.29 is 19.1 Å². The molecule has 1 fully saturated rings. The van der Waals surface area contributed by atoms with Crippen molar-refractivity contribution in [2.45, 2.75) is 20.3 Å². The Morgan fingerprint density at radius 1 is 1.30 bits per heavy atom. The number of rotatable bonds is 5. The van der Waals surface area contributed by atoms with Crippen LogP contribution in [0.25, 0.3) is 0 Å². The maximum absolute atomic E-state index is 12.3. The van der Waals surface area contributed by atoms with Crippen LogP contribution in [0.5, 0.6) is 5.75 Å². The van der Waals surface area contributed by atoms with Gasteiger partial charge < -0.3 is 19.3 Å². The number of aryl methyl sites for hydroxylation is 1. The highest BCUT2D eigenvalue weighted by Gasteiger charge is 2.21. The Kier molecular flexibility index (Phi) is 5.98. The maximum Gasteiger partial charge on any atom is 0.224 e. The highest BCUT2D eigenvalue weighted by Crippen LogP contribution is 2.29. The fourth-order valence-corrected chi connectivity index (χ4v) is 2.64. The summed E-state index contributed by atoms with van der Waals surface area (Å²) in [5.74, 6) is 0.569. The van der Waals surface area contributed by atoms with Crippen molar-refractivity contribution in [3.8, 4) is 5.75 Å². The minimum Gasteiger partial charge on any atom is -0.495 e. The molecule has 0 aromatic heterocycles. The maximum atomic E-state index is 12.3. The molecule has 6 nitrogen and oxygen atoms in total. The third-order valence-electron chi connectivity index (χ3n) is 3.92. The number of morpholine rings is 1. The minimum absolute atomic E-state index is 0.0474. The van der Waals surface area contributed by atoms with Crippen LogP contribution in [0.4, 0.5) is 5.69 Å². The number of carbonyl (C=O) groups is 2. The number of benzene rings is 1. The van der Waals surface area contributed by atoms with Crippen molar-refractivity contribution >= 4 is 17.5 Å². The number of hydrogen-bond donors (Lipinski definition) is 0. The first-order valence-corrected chi connectivity index (χ1v) is 7.81. The predicted molar refractivity (Wildman–Crippen MR) is 87.8 cm³/mol. The molecular formula is C17H24N2O4. The largest absolute Gasteiger partial charge is 0.495 e. The van der Waals surface area contributed by atoms with Crippen molar-refractivity contribution in [1.82, 2.24) is 4.90 Å². The average molecular weight is 320 g/mol. The Hall–Kier alpha value is -2.08. The monoisotopic (exact) mass is 320 g/mol. The summed E-state index contributed by atoms with van der Waals surface area (Å²) in [6.07, 6.45) is 0.288. The first kappa shape index (κ1) is 17.3. The van der Waals surface area contributed by atoms with E-state index in [0.29, 0.717) is 44.3 Å². The van der Waals surface area contributed by atoms with E-state index >= 15 is 0 Å². The van der Waals surface area contributed by atoms with Gasteiger partial charge in [0.2, 0.25) is 11.8 Å². The normalized spacial score (nSPS) is 14.5. The van der Waals surface area contributed by atoms with E-state index in [0.717, 1.165) is 5.56 Å². The molecule has 1 aliphatic rings. The smallest absolute Gasteiger partial charge is 0.224 e. The van der Waals surface area contributed by atoms with Gasteiger partial charge in [0.25, 0.3) is 0 Å². The molecule has 1 saturated heterocycles. The van der Waals surface area contributed by atoms with Crippen LogP contribution in [-0.2, 0) is 14.3 Å². The van der Waals surface area contributed by atoms with Gasteiger partial charge >= 0.3 is 0 Å². The van der Waals surface area contributed by atoms with E-state index in [2.05, 4.69) is 0 Å². The summed E-state index contributed by atoms with van der Waals surface area (Å²) in [7, 11) is 1.57. The fraction of sp³-hybridized carbons (Fsp3) is 0.529. The third-order valence-corrected chi connectivity index (χ3v) is 3.92. The molecule has 2 amide bonds. The molecule has 126 valence electrons. The Labute approximate surface area is 137 Å². The van der Waals surface area contributed by atoms with Gasteiger partial charge in [-0.1, -0.05) is 6.07 Å². The minimum atomic E-state index is -0.108. The van der Waals surface area contributed by atoms with Gasteiger partial charge in [-0.15, -0.1) is 0 Å². The molecular weight excluding hydrogens is 296 g/mol. The molecule has 0 N–H and O–H groups in total. The second kappa shape index (κ2) is 7.97. The van der Waals surface area contributed by atoms with Gasteiger partial charge in [-0.2, -0.15) is 0 Å². The van der Waals surface area contributed by atoms with Crippen LogP contribution in [0.2, 0.25) is 0 Å². The van der Waals surface area contributed by atoms with Crippen LogP contribution in [0, 0.1) is 6.92 Å². The van der Waals surface area contributed by atoms with Crippen LogP contribution >= 0.6 is 0 Å². The van der Waals surface area contributed by atoms with E-state index in [1.807, 2.05) is 25.1 Å². The van der Waals surface area contributed by atoms with E-state index in [9.17, 15) is 9.59 Å². The lowest BCUT2D eigenvalue weighted by molar-refractivity contribution is -0.135. The third kappa shape index (κ3) is 4.45. The lowest BCUT2D eigenvalue weighted by atomic mass is 10.1. The summed E-state index contributed by atoms with van der Waals surface area (Å²) >= 11 is 0. The highest BCUT2D eigenvalue weighted by atomic mass is 16.5. The van der Waals surface area contributed by atoms with E-state index in [1.54, 1.807) is 16.9 Å².